The first-order chi connectivity index (χ1) is 9.08. The average molecular weight is 262 g/mol. The lowest BCUT2D eigenvalue weighted by molar-refractivity contribution is -0.191. The fraction of sp³-hybridized carbons (Fsp3) is 0.750. The molecule has 0 unspecified atom stereocenters. The summed E-state index contributed by atoms with van der Waals surface area (Å²) in [4.78, 5) is 27.4. The van der Waals surface area contributed by atoms with Gasteiger partial charge < -0.3 is 0 Å². The molecule has 3 nitrogen and oxygen atoms in total. The molecule has 0 aromatic heterocycles. The molecule has 0 amide bonds. The maximum absolute atomic E-state index is 11.1. The third-order valence-electron chi connectivity index (χ3n) is 5.03. The molecule has 0 saturated heterocycles. The maximum atomic E-state index is 11.1. The molecule has 104 valence electrons. The van der Waals surface area contributed by atoms with E-state index in [9.17, 15) is 4.79 Å². The molecule has 0 bridgehead atoms. The van der Waals surface area contributed by atoms with Gasteiger partial charge in [-0.3, -0.25) is 4.79 Å². The number of ketones is 1. The zero-order chi connectivity index (χ0) is 14.1. The van der Waals surface area contributed by atoms with Crippen LogP contribution in [0.4, 0.5) is 0 Å². The highest BCUT2D eigenvalue weighted by atomic mass is 16.2. The average Bonchev–Trinajstić information content (AvgIpc) is 3.19. The van der Waals surface area contributed by atoms with E-state index in [2.05, 4.69) is 13.0 Å². The number of hydrogen-bond acceptors (Lipinski definition) is 3. The van der Waals surface area contributed by atoms with Gasteiger partial charge in [0.05, 0.1) is 0 Å². The lowest BCUT2D eigenvalue weighted by atomic mass is 10.2. The molecular formula is C16H22O3. The molecule has 4 aliphatic rings. The van der Waals surface area contributed by atoms with E-state index in [0.717, 1.165) is 0 Å². The molecule has 4 rings (SSSR count). The first kappa shape index (κ1) is 14.2. The molecular weight excluding hydrogens is 240 g/mol. The Morgan fingerprint density at radius 1 is 1.21 bits per heavy atom. The van der Waals surface area contributed by atoms with E-state index in [-0.39, 0.29) is 6.15 Å². The zero-order valence-electron chi connectivity index (χ0n) is 11.8. The summed E-state index contributed by atoms with van der Waals surface area (Å²) in [7, 11) is 0. The first-order valence-corrected chi connectivity index (χ1v) is 7.25. The van der Waals surface area contributed by atoms with Crippen LogP contribution in [-0.2, 0) is 14.4 Å². The Balaban J connectivity index is 0.000000128. The Bertz CT molecular complexity index is 409. The third-order valence-corrected chi connectivity index (χ3v) is 5.03. The molecule has 3 heteroatoms. The normalized spacial score (nSPS) is 28.1. The van der Waals surface area contributed by atoms with E-state index in [1.807, 2.05) is 0 Å². The van der Waals surface area contributed by atoms with E-state index >= 15 is 0 Å². The number of carbonyl (C=O) groups is 1. The largest absolute Gasteiger partial charge is 0.373 e. The lowest BCUT2D eigenvalue weighted by Gasteiger charge is -1.83. The van der Waals surface area contributed by atoms with Crippen molar-refractivity contribution in [3.05, 3.63) is 11.6 Å². The van der Waals surface area contributed by atoms with Gasteiger partial charge in [-0.25, -0.2) is 0 Å². The SMILES string of the molecule is CC(=O)C1C2(CC2)C12CC2.CCC=C1CC1.O=C=O. The van der Waals surface area contributed by atoms with Gasteiger partial charge in [0.1, 0.15) is 5.78 Å². The summed E-state index contributed by atoms with van der Waals surface area (Å²) >= 11 is 0. The highest BCUT2D eigenvalue weighted by Gasteiger charge is 2.87. The van der Waals surface area contributed by atoms with Gasteiger partial charge in [-0.15, -0.1) is 0 Å². The van der Waals surface area contributed by atoms with Gasteiger partial charge in [0.25, 0.3) is 0 Å². The lowest BCUT2D eigenvalue weighted by Crippen LogP contribution is -1.95. The first-order valence-electron chi connectivity index (χ1n) is 7.25. The Kier molecular flexibility index (Phi) is 3.78. The molecule has 0 aromatic carbocycles. The van der Waals surface area contributed by atoms with Gasteiger partial charge in [-0.05, 0) is 62.7 Å². The van der Waals surface area contributed by atoms with Crippen LogP contribution in [0, 0.1) is 16.7 Å². The summed E-state index contributed by atoms with van der Waals surface area (Å²) < 4.78 is 0. The number of rotatable bonds is 2. The second kappa shape index (κ2) is 5.05. The minimum atomic E-state index is 0.250. The van der Waals surface area contributed by atoms with Crippen molar-refractivity contribution >= 4 is 11.9 Å². The van der Waals surface area contributed by atoms with Crippen LogP contribution >= 0.6 is 0 Å². The van der Waals surface area contributed by atoms with Crippen LogP contribution in [0.3, 0.4) is 0 Å². The summed E-state index contributed by atoms with van der Waals surface area (Å²) in [5, 5.41) is 0. The van der Waals surface area contributed by atoms with Crippen LogP contribution in [-0.4, -0.2) is 11.9 Å². The molecule has 0 aliphatic heterocycles. The second-order valence-corrected chi connectivity index (χ2v) is 6.21. The molecule has 4 saturated carbocycles. The van der Waals surface area contributed by atoms with Gasteiger partial charge in [0.2, 0.25) is 0 Å². The molecule has 0 aromatic rings. The van der Waals surface area contributed by atoms with Crippen LogP contribution < -0.4 is 0 Å². The minimum Gasteiger partial charge on any atom is -0.300 e. The molecule has 2 spiro atoms. The number of carbonyl (C=O) groups excluding carboxylic acids is 3. The smallest absolute Gasteiger partial charge is 0.300 e. The third kappa shape index (κ3) is 2.57. The number of hydrogen-bond donors (Lipinski definition) is 0. The number of fused-ring (bicyclic) bond motifs is 1. The second-order valence-electron chi connectivity index (χ2n) is 6.21. The van der Waals surface area contributed by atoms with Crippen molar-refractivity contribution in [1.29, 1.82) is 0 Å². The Hall–Kier alpha value is -1.21. The van der Waals surface area contributed by atoms with Gasteiger partial charge in [0.15, 0.2) is 0 Å². The van der Waals surface area contributed by atoms with E-state index in [1.54, 1.807) is 12.5 Å². The van der Waals surface area contributed by atoms with Crippen molar-refractivity contribution < 1.29 is 14.4 Å². The van der Waals surface area contributed by atoms with E-state index in [4.69, 9.17) is 9.59 Å². The molecule has 4 fully saturated rings. The van der Waals surface area contributed by atoms with Crippen molar-refractivity contribution in [2.75, 3.05) is 0 Å². The van der Waals surface area contributed by atoms with Crippen molar-refractivity contribution in [3.8, 4) is 0 Å². The van der Waals surface area contributed by atoms with Crippen molar-refractivity contribution in [1.82, 2.24) is 0 Å². The Labute approximate surface area is 114 Å². The van der Waals surface area contributed by atoms with E-state index in [1.165, 1.54) is 44.9 Å². The van der Waals surface area contributed by atoms with Gasteiger partial charge >= 0.3 is 6.15 Å². The summed E-state index contributed by atoms with van der Waals surface area (Å²) in [5.41, 5.74) is 2.86. The van der Waals surface area contributed by atoms with Crippen LogP contribution in [0.25, 0.3) is 0 Å². The fourth-order valence-corrected chi connectivity index (χ4v) is 3.92. The molecule has 4 aliphatic carbocycles. The molecule has 0 atom stereocenters. The highest BCUT2D eigenvalue weighted by Crippen LogP contribution is 2.92. The maximum Gasteiger partial charge on any atom is 0.373 e. The van der Waals surface area contributed by atoms with Crippen LogP contribution in [0.2, 0.25) is 0 Å². The van der Waals surface area contributed by atoms with Gasteiger partial charge in [-0.1, -0.05) is 18.6 Å². The van der Waals surface area contributed by atoms with Crippen LogP contribution in [0.15, 0.2) is 11.6 Å². The standard InChI is InChI=1S/C9H12O.C6H10.CO2/c1-6(10)7-8(2-3-8)9(7)4-5-9;1-2-3-6-4-5-6;2-1-3/h7H,2-5H2,1H3;3H,2,4-5H2,1H3;. The number of Topliss-reactive ketones (excluding diaryl/α,β-unsaturated/α-hetero) is 1. The summed E-state index contributed by atoms with van der Waals surface area (Å²) in [5.74, 6) is 0.981. The van der Waals surface area contributed by atoms with Crippen LogP contribution in [0.5, 0.6) is 0 Å². The Morgan fingerprint density at radius 2 is 1.63 bits per heavy atom. The van der Waals surface area contributed by atoms with Gasteiger partial charge in [0, 0.05) is 5.92 Å². The molecule has 0 radical (unpaired) electrons. The predicted molar refractivity (Wildman–Crippen MR) is 70.1 cm³/mol. The van der Waals surface area contributed by atoms with Crippen LogP contribution in [0.1, 0.15) is 58.8 Å². The zero-order valence-corrected chi connectivity index (χ0v) is 11.8. The molecule has 0 N–H and O–H groups in total. The van der Waals surface area contributed by atoms with Crippen molar-refractivity contribution in [3.63, 3.8) is 0 Å². The molecule has 19 heavy (non-hydrogen) atoms. The fourth-order valence-electron chi connectivity index (χ4n) is 3.92. The monoisotopic (exact) mass is 262 g/mol. The van der Waals surface area contributed by atoms with E-state index in [0.29, 0.717) is 22.5 Å². The minimum absolute atomic E-state index is 0.250. The number of allylic oxidation sites excluding steroid dienone is 2. The van der Waals surface area contributed by atoms with E-state index < -0.39 is 0 Å². The van der Waals surface area contributed by atoms with Crippen molar-refractivity contribution in [2.24, 2.45) is 16.7 Å². The van der Waals surface area contributed by atoms with Crippen molar-refractivity contribution in [2.45, 2.75) is 58.8 Å². The topological polar surface area (TPSA) is 51.2 Å². The van der Waals surface area contributed by atoms with Gasteiger partial charge in [-0.2, -0.15) is 9.59 Å². The summed E-state index contributed by atoms with van der Waals surface area (Å²) in [6, 6.07) is 0. The summed E-state index contributed by atoms with van der Waals surface area (Å²) in [6.07, 6.45) is 12.0. The summed E-state index contributed by atoms with van der Waals surface area (Å²) in [6.45, 7) is 3.96. The Morgan fingerprint density at radius 3 is 1.74 bits per heavy atom. The molecule has 0 heterocycles. The highest BCUT2D eigenvalue weighted by molar-refractivity contribution is 5.86. The quantitative estimate of drug-likeness (QED) is 0.717. The predicted octanol–water partition coefficient (Wildman–Crippen LogP) is 3.30.